The Morgan fingerprint density at radius 3 is 2.95 bits per heavy atom. The van der Waals surface area contributed by atoms with Gasteiger partial charge in [-0.05, 0) is 49.8 Å². The van der Waals surface area contributed by atoms with Gasteiger partial charge in [0.2, 0.25) is 0 Å². The Morgan fingerprint density at radius 2 is 2.18 bits per heavy atom. The Morgan fingerprint density at radius 1 is 1.36 bits per heavy atom. The molecule has 118 valence electrons. The third-order valence-electron chi connectivity index (χ3n) is 4.01. The number of nitrogens with zero attached hydrogens (tertiary/aromatic N) is 2. The number of H-pyrrole nitrogens is 1. The second kappa shape index (κ2) is 7.62. The van der Waals surface area contributed by atoms with Gasteiger partial charge in [0, 0.05) is 16.9 Å². The monoisotopic (exact) mass is 411 g/mol. The van der Waals surface area contributed by atoms with E-state index in [1.54, 1.807) is 6.20 Å². The SMILES string of the molecule is Cc1[nH]ncc1CN=C(N)Nc1cccc2c1CCCC2.I. The lowest BCUT2D eigenvalue weighted by molar-refractivity contribution is 0.687. The highest BCUT2D eigenvalue weighted by molar-refractivity contribution is 14.0. The lowest BCUT2D eigenvalue weighted by atomic mass is 9.90. The van der Waals surface area contributed by atoms with Crippen molar-refractivity contribution in [2.45, 2.75) is 39.2 Å². The number of hydrogen-bond donors (Lipinski definition) is 3. The number of nitrogens with two attached hydrogens (primary N) is 1. The molecule has 5 nitrogen and oxygen atoms in total. The van der Waals surface area contributed by atoms with Crippen molar-refractivity contribution in [3.63, 3.8) is 0 Å². The Hall–Kier alpha value is -1.57. The average Bonchev–Trinajstić information content (AvgIpc) is 2.91. The van der Waals surface area contributed by atoms with Crippen LogP contribution in [-0.4, -0.2) is 16.2 Å². The summed E-state index contributed by atoms with van der Waals surface area (Å²) in [5, 5.41) is 10.1. The number of fused-ring (bicyclic) bond motifs is 1. The summed E-state index contributed by atoms with van der Waals surface area (Å²) in [6, 6.07) is 6.37. The number of anilines is 1. The van der Waals surface area contributed by atoms with E-state index in [1.165, 1.54) is 24.0 Å². The van der Waals surface area contributed by atoms with Gasteiger partial charge in [0.1, 0.15) is 0 Å². The largest absolute Gasteiger partial charge is 0.370 e. The fourth-order valence-corrected chi connectivity index (χ4v) is 2.78. The molecule has 0 atom stereocenters. The third-order valence-corrected chi connectivity index (χ3v) is 4.01. The normalized spacial score (nSPS) is 14.1. The van der Waals surface area contributed by atoms with Gasteiger partial charge in [-0.3, -0.25) is 5.10 Å². The molecule has 2 aromatic rings. The van der Waals surface area contributed by atoms with E-state index in [4.69, 9.17) is 5.73 Å². The summed E-state index contributed by atoms with van der Waals surface area (Å²) in [6.45, 7) is 2.52. The fourth-order valence-electron chi connectivity index (χ4n) is 2.78. The van der Waals surface area contributed by atoms with Crippen LogP contribution in [0.15, 0.2) is 29.4 Å². The zero-order valence-corrected chi connectivity index (χ0v) is 15.1. The summed E-state index contributed by atoms with van der Waals surface area (Å²) in [5.41, 5.74) is 12.0. The first kappa shape index (κ1) is 16.8. The minimum absolute atomic E-state index is 0. The van der Waals surface area contributed by atoms with Crippen LogP contribution in [-0.2, 0) is 19.4 Å². The van der Waals surface area contributed by atoms with Crippen LogP contribution in [0.3, 0.4) is 0 Å². The first-order valence-electron chi connectivity index (χ1n) is 7.40. The number of halogens is 1. The topological polar surface area (TPSA) is 79.1 Å². The number of benzene rings is 1. The van der Waals surface area contributed by atoms with Gasteiger partial charge in [-0.25, -0.2) is 4.99 Å². The Bertz CT molecular complexity index is 662. The van der Waals surface area contributed by atoms with E-state index >= 15 is 0 Å². The van der Waals surface area contributed by atoms with Crippen LogP contribution < -0.4 is 11.1 Å². The van der Waals surface area contributed by atoms with E-state index in [0.717, 1.165) is 29.8 Å². The number of hydrogen-bond acceptors (Lipinski definition) is 2. The molecule has 1 aromatic heterocycles. The van der Waals surface area contributed by atoms with Gasteiger partial charge in [-0.2, -0.15) is 5.10 Å². The van der Waals surface area contributed by atoms with Gasteiger partial charge in [0.05, 0.1) is 12.7 Å². The quantitative estimate of drug-likeness (QED) is 0.413. The summed E-state index contributed by atoms with van der Waals surface area (Å²) in [5.74, 6) is 0.453. The average molecular weight is 411 g/mol. The summed E-state index contributed by atoms with van der Waals surface area (Å²) >= 11 is 0. The minimum Gasteiger partial charge on any atom is -0.370 e. The van der Waals surface area contributed by atoms with Crippen molar-refractivity contribution >= 4 is 35.6 Å². The summed E-state index contributed by atoms with van der Waals surface area (Å²) in [6.07, 6.45) is 6.59. The molecule has 0 bridgehead atoms. The Labute approximate surface area is 147 Å². The molecule has 0 aliphatic heterocycles. The van der Waals surface area contributed by atoms with Crippen LogP contribution in [0.1, 0.15) is 35.2 Å². The van der Waals surface area contributed by atoms with Crippen LogP contribution in [0.4, 0.5) is 5.69 Å². The van der Waals surface area contributed by atoms with Gasteiger partial charge in [0.15, 0.2) is 5.96 Å². The van der Waals surface area contributed by atoms with Gasteiger partial charge >= 0.3 is 0 Å². The van der Waals surface area contributed by atoms with E-state index in [0.29, 0.717) is 12.5 Å². The van der Waals surface area contributed by atoms with E-state index in [9.17, 15) is 0 Å². The number of aromatic amines is 1. The maximum atomic E-state index is 6.01. The molecule has 0 saturated heterocycles. The van der Waals surface area contributed by atoms with E-state index < -0.39 is 0 Å². The van der Waals surface area contributed by atoms with Gasteiger partial charge < -0.3 is 11.1 Å². The van der Waals surface area contributed by atoms with Crippen LogP contribution in [0.5, 0.6) is 0 Å². The molecule has 6 heteroatoms. The standard InChI is InChI=1S/C16H21N5.HI/c1-11-13(10-19-21-11)9-18-16(17)20-15-8-4-6-12-5-2-3-7-14(12)15;/h4,6,8,10H,2-3,5,7,9H2,1H3,(H,19,21)(H3,17,18,20);1H. The molecule has 1 aliphatic rings. The van der Waals surface area contributed by atoms with Crippen LogP contribution in [0.2, 0.25) is 0 Å². The predicted octanol–water partition coefficient (Wildman–Crippen LogP) is 3.14. The molecule has 0 spiro atoms. The molecule has 4 N–H and O–H groups in total. The Balaban J connectivity index is 0.00000176. The number of guanidine groups is 1. The van der Waals surface area contributed by atoms with Crippen molar-refractivity contribution in [2.75, 3.05) is 5.32 Å². The molecule has 0 fully saturated rings. The van der Waals surface area contributed by atoms with Gasteiger partial charge in [0.25, 0.3) is 0 Å². The summed E-state index contributed by atoms with van der Waals surface area (Å²) in [7, 11) is 0. The second-order valence-electron chi connectivity index (χ2n) is 5.50. The molecule has 1 aromatic carbocycles. The van der Waals surface area contributed by atoms with Crippen molar-refractivity contribution in [3.05, 3.63) is 46.8 Å². The number of rotatable bonds is 3. The first-order chi connectivity index (χ1) is 10.2. The molecule has 1 heterocycles. The number of aliphatic imine (C=N–C) groups is 1. The molecule has 3 rings (SSSR count). The number of nitrogens with one attached hydrogen (secondary N) is 2. The summed E-state index contributed by atoms with van der Waals surface area (Å²) in [4.78, 5) is 4.39. The molecular formula is C16H22IN5. The van der Waals surface area contributed by atoms with Crippen molar-refractivity contribution in [1.29, 1.82) is 0 Å². The molecule has 0 radical (unpaired) electrons. The molecule has 22 heavy (non-hydrogen) atoms. The van der Waals surface area contributed by atoms with Crippen LogP contribution >= 0.6 is 24.0 Å². The zero-order chi connectivity index (χ0) is 14.7. The summed E-state index contributed by atoms with van der Waals surface area (Å²) < 4.78 is 0. The molecule has 0 amide bonds. The first-order valence-corrected chi connectivity index (χ1v) is 7.40. The van der Waals surface area contributed by atoms with Crippen LogP contribution in [0, 0.1) is 6.92 Å². The molecule has 0 unspecified atom stereocenters. The third kappa shape index (κ3) is 3.79. The maximum Gasteiger partial charge on any atom is 0.193 e. The highest BCUT2D eigenvalue weighted by atomic mass is 127. The predicted molar refractivity (Wildman–Crippen MR) is 101 cm³/mol. The van der Waals surface area contributed by atoms with Crippen molar-refractivity contribution in [3.8, 4) is 0 Å². The van der Waals surface area contributed by atoms with Crippen molar-refractivity contribution < 1.29 is 0 Å². The van der Waals surface area contributed by atoms with E-state index in [2.05, 4.69) is 38.7 Å². The Kier molecular flexibility index (Phi) is 5.82. The highest BCUT2D eigenvalue weighted by Gasteiger charge is 2.13. The van der Waals surface area contributed by atoms with Crippen molar-refractivity contribution in [1.82, 2.24) is 10.2 Å². The van der Waals surface area contributed by atoms with Gasteiger partial charge in [-0.1, -0.05) is 12.1 Å². The zero-order valence-electron chi connectivity index (χ0n) is 12.7. The molecular weight excluding hydrogens is 389 g/mol. The lowest BCUT2D eigenvalue weighted by Crippen LogP contribution is -2.24. The molecule has 0 saturated carbocycles. The number of aromatic nitrogens is 2. The second-order valence-corrected chi connectivity index (χ2v) is 5.50. The highest BCUT2D eigenvalue weighted by Crippen LogP contribution is 2.27. The van der Waals surface area contributed by atoms with Crippen molar-refractivity contribution in [2.24, 2.45) is 10.7 Å². The van der Waals surface area contributed by atoms with Gasteiger partial charge in [-0.15, -0.1) is 24.0 Å². The molecule has 1 aliphatic carbocycles. The number of aryl methyl sites for hydroxylation is 2. The van der Waals surface area contributed by atoms with E-state index in [-0.39, 0.29) is 24.0 Å². The van der Waals surface area contributed by atoms with E-state index in [1.807, 2.05) is 6.92 Å². The maximum absolute atomic E-state index is 6.01. The van der Waals surface area contributed by atoms with Crippen LogP contribution in [0.25, 0.3) is 0 Å². The lowest BCUT2D eigenvalue weighted by Gasteiger charge is -2.19. The smallest absolute Gasteiger partial charge is 0.193 e. The fraction of sp³-hybridized carbons (Fsp3) is 0.375. The minimum atomic E-state index is 0.